The number of hydrogen-bond donors (Lipinski definition) is 1. The average Bonchev–Trinajstić information content (AvgIpc) is 2.78. The summed E-state index contributed by atoms with van der Waals surface area (Å²) in [7, 11) is 1.98. The van der Waals surface area contributed by atoms with Gasteiger partial charge in [-0.2, -0.15) is 0 Å². The lowest BCUT2D eigenvalue weighted by molar-refractivity contribution is 0.126. The maximum Gasteiger partial charge on any atom is 0.122 e. The number of nitrogens with one attached hydrogen (secondary N) is 1. The minimum atomic E-state index is 0.747. The molecule has 0 aliphatic carbocycles. The highest BCUT2D eigenvalue weighted by Gasteiger charge is 2.22. The maximum absolute atomic E-state index is 5.63. The second-order valence-electron chi connectivity index (χ2n) is 4.93. The Bertz CT molecular complexity index is 335. The average molecular weight is 236 g/mol. The van der Waals surface area contributed by atoms with Gasteiger partial charge in [-0.05, 0) is 38.9 Å². The standard InChI is InChI=1S/C14H24N2O/c1-3-13-6-4-5-8-16(13)11-14-12(10-15-2)7-9-17-14/h7,9,13,15H,3-6,8,10-11H2,1-2H3. The van der Waals surface area contributed by atoms with E-state index in [2.05, 4.69) is 23.2 Å². The predicted octanol–water partition coefficient (Wildman–Crippen LogP) is 2.76. The molecule has 0 amide bonds. The van der Waals surface area contributed by atoms with E-state index in [9.17, 15) is 0 Å². The molecule has 1 N–H and O–H groups in total. The molecule has 1 fully saturated rings. The van der Waals surface area contributed by atoms with Crippen molar-refractivity contribution in [3.8, 4) is 0 Å². The van der Waals surface area contributed by atoms with Gasteiger partial charge in [-0.25, -0.2) is 0 Å². The molecule has 2 rings (SSSR count). The molecule has 0 aromatic carbocycles. The molecular formula is C14H24N2O. The topological polar surface area (TPSA) is 28.4 Å². The Kier molecular flexibility index (Phi) is 4.63. The van der Waals surface area contributed by atoms with Crippen molar-refractivity contribution < 1.29 is 4.42 Å². The van der Waals surface area contributed by atoms with E-state index >= 15 is 0 Å². The van der Waals surface area contributed by atoms with Crippen LogP contribution in [0.3, 0.4) is 0 Å². The lowest BCUT2D eigenvalue weighted by atomic mass is 9.99. The van der Waals surface area contributed by atoms with Crippen LogP contribution in [0.4, 0.5) is 0 Å². The van der Waals surface area contributed by atoms with Gasteiger partial charge < -0.3 is 9.73 Å². The fraction of sp³-hybridized carbons (Fsp3) is 0.714. The highest BCUT2D eigenvalue weighted by molar-refractivity contribution is 5.16. The lowest BCUT2D eigenvalue weighted by Gasteiger charge is -2.34. The molecule has 0 radical (unpaired) electrons. The van der Waals surface area contributed by atoms with Crippen LogP contribution in [0.25, 0.3) is 0 Å². The normalized spacial score (nSPS) is 21.9. The minimum Gasteiger partial charge on any atom is -0.468 e. The van der Waals surface area contributed by atoms with Crippen molar-refractivity contribution in [3.63, 3.8) is 0 Å². The van der Waals surface area contributed by atoms with E-state index in [1.165, 1.54) is 37.8 Å². The first-order chi connectivity index (χ1) is 8.35. The van der Waals surface area contributed by atoms with Crippen molar-refractivity contribution in [3.05, 3.63) is 23.7 Å². The third-order valence-electron chi connectivity index (χ3n) is 3.77. The van der Waals surface area contributed by atoms with E-state index in [0.717, 1.165) is 24.9 Å². The summed E-state index contributed by atoms with van der Waals surface area (Å²) in [5.74, 6) is 1.14. The van der Waals surface area contributed by atoms with Crippen molar-refractivity contribution in [2.45, 2.75) is 51.7 Å². The zero-order chi connectivity index (χ0) is 12.1. The second kappa shape index (κ2) is 6.22. The molecule has 3 nitrogen and oxygen atoms in total. The highest BCUT2D eigenvalue weighted by Crippen LogP contribution is 2.23. The van der Waals surface area contributed by atoms with E-state index in [-0.39, 0.29) is 0 Å². The maximum atomic E-state index is 5.63. The molecule has 1 aromatic rings. The van der Waals surface area contributed by atoms with Crippen LogP contribution in [-0.2, 0) is 13.1 Å². The van der Waals surface area contributed by atoms with Gasteiger partial charge in [0.15, 0.2) is 0 Å². The molecule has 17 heavy (non-hydrogen) atoms. The summed E-state index contributed by atoms with van der Waals surface area (Å²) in [5, 5.41) is 3.19. The Morgan fingerprint density at radius 3 is 3.12 bits per heavy atom. The molecule has 0 saturated carbocycles. The molecule has 0 bridgehead atoms. The summed E-state index contributed by atoms with van der Waals surface area (Å²) < 4.78 is 5.63. The molecular weight excluding hydrogens is 212 g/mol. The van der Waals surface area contributed by atoms with E-state index in [1.807, 2.05) is 13.3 Å². The number of hydrogen-bond acceptors (Lipinski definition) is 3. The van der Waals surface area contributed by atoms with E-state index in [0.29, 0.717) is 0 Å². The summed E-state index contributed by atoms with van der Waals surface area (Å²) >= 11 is 0. The first kappa shape index (κ1) is 12.7. The molecule has 0 spiro atoms. The molecule has 1 aromatic heterocycles. The van der Waals surface area contributed by atoms with Gasteiger partial charge in [0, 0.05) is 18.2 Å². The smallest absolute Gasteiger partial charge is 0.122 e. The van der Waals surface area contributed by atoms with Gasteiger partial charge >= 0.3 is 0 Å². The monoisotopic (exact) mass is 236 g/mol. The van der Waals surface area contributed by atoms with Crippen LogP contribution in [0.2, 0.25) is 0 Å². The third-order valence-corrected chi connectivity index (χ3v) is 3.77. The summed E-state index contributed by atoms with van der Waals surface area (Å²) in [6, 6.07) is 2.83. The number of rotatable bonds is 5. The molecule has 1 unspecified atom stereocenters. The van der Waals surface area contributed by atoms with Gasteiger partial charge in [0.25, 0.3) is 0 Å². The van der Waals surface area contributed by atoms with Crippen molar-refractivity contribution in [1.82, 2.24) is 10.2 Å². The van der Waals surface area contributed by atoms with Gasteiger partial charge in [0.2, 0.25) is 0 Å². The summed E-state index contributed by atoms with van der Waals surface area (Å²) in [6.07, 6.45) is 7.13. The van der Waals surface area contributed by atoms with Gasteiger partial charge in [-0.3, -0.25) is 4.90 Å². The fourth-order valence-corrected chi connectivity index (χ4v) is 2.77. The van der Waals surface area contributed by atoms with E-state index in [4.69, 9.17) is 4.42 Å². The predicted molar refractivity (Wildman–Crippen MR) is 69.8 cm³/mol. The Morgan fingerprint density at radius 2 is 2.35 bits per heavy atom. The van der Waals surface area contributed by atoms with Crippen molar-refractivity contribution >= 4 is 0 Å². The van der Waals surface area contributed by atoms with Gasteiger partial charge in [-0.15, -0.1) is 0 Å². The Morgan fingerprint density at radius 1 is 1.47 bits per heavy atom. The zero-order valence-corrected chi connectivity index (χ0v) is 11.0. The van der Waals surface area contributed by atoms with Crippen molar-refractivity contribution in [2.75, 3.05) is 13.6 Å². The van der Waals surface area contributed by atoms with Crippen LogP contribution in [0, 0.1) is 0 Å². The highest BCUT2D eigenvalue weighted by atomic mass is 16.3. The minimum absolute atomic E-state index is 0.747. The van der Waals surface area contributed by atoms with E-state index < -0.39 is 0 Å². The first-order valence-electron chi connectivity index (χ1n) is 6.79. The largest absolute Gasteiger partial charge is 0.468 e. The van der Waals surface area contributed by atoms with E-state index in [1.54, 1.807) is 0 Å². The second-order valence-corrected chi connectivity index (χ2v) is 4.93. The molecule has 1 atom stereocenters. The van der Waals surface area contributed by atoms with Crippen LogP contribution in [0.15, 0.2) is 16.7 Å². The Hall–Kier alpha value is -0.800. The van der Waals surface area contributed by atoms with Gasteiger partial charge in [0.1, 0.15) is 5.76 Å². The quantitative estimate of drug-likeness (QED) is 0.852. The molecule has 1 aliphatic rings. The number of piperidine rings is 1. The third kappa shape index (κ3) is 3.11. The van der Waals surface area contributed by atoms with Crippen molar-refractivity contribution in [1.29, 1.82) is 0 Å². The number of nitrogens with zero attached hydrogens (tertiary/aromatic N) is 1. The van der Waals surface area contributed by atoms with Crippen LogP contribution in [0.1, 0.15) is 43.9 Å². The van der Waals surface area contributed by atoms with Crippen LogP contribution in [-0.4, -0.2) is 24.5 Å². The molecule has 96 valence electrons. The lowest BCUT2D eigenvalue weighted by Crippen LogP contribution is -2.38. The summed E-state index contributed by atoms with van der Waals surface area (Å²) in [5.41, 5.74) is 1.30. The summed E-state index contributed by atoms with van der Waals surface area (Å²) in [4.78, 5) is 2.58. The number of furan rings is 1. The van der Waals surface area contributed by atoms with Crippen LogP contribution >= 0.6 is 0 Å². The van der Waals surface area contributed by atoms with Crippen molar-refractivity contribution in [2.24, 2.45) is 0 Å². The SMILES string of the molecule is CCC1CCCCN1Cc1occc1CNC. The molecule has 3 heteroatoms. The van der Waals surface area contributed by atoms with Gasteiger partial charge in [0.05, 0.1) is 12.8 Å². The first-order valence-corrected chi connectivity index (χ1v) is 6.79. The Balaban J connectivity index is 2.00. The Labute approximate surface area is 104 Å². The van der Waals surface area contributed by atoms with Gasteiger partial charge in [-0.1, -0.05) is 13.3 Å². The summed E-state index contributed by atoms with van der Waals surface area (Å²) in [6.45, 7) is 5.39. The molecule has 1 saturated heterocycles. The van der Waals surface area contributed by atoms with Crippen LogP contribution in [0.5, 0.6) is 0 Å². The zero-order valence-electron chi connectivity index (χ0n) is 11.0. The number of likely N-dealkylation sites (tertiary alicyclic amines) is 1. The molecule has 2 heterocycles. The molecule has 1 aliphatic heterocycles. The van der Waals surface area contributed by atoms with Crippen LogP contribution < -0.4 is 5.32 Å². The fourth-order valence-electron chi connectivity index (χ4n) is 2.77.